The predicted octanol–water partition coefficient (Wildman–Crippen LogP) is 2.94. The zero-order valence-electron chi connectivity index (χ0n) is 21.9. The van der Waals surface area contributed by atoms with Gasteiger partial charge in [-0.25, -0.2) is 14.4 Å². The predicted molar refractivity (Wildman–Crippen MR) is 152 cm³/mol. The van der Waals surface area contributed by atoms with Gasteiger partial charge in [0.15, 0.2) is 0 Å². The number of methoxy groups -OCH3 is 1. The number of H-pyrrole nitrogens is 1. The Morgan fingerprint density at radius 1 is 1.18 bits per heavy atom. The summed E-state index contributed by atoms with van der Waals surface area (Å²) in [5.74, 6) is 2.42. The summed E-state index contributed by atoms with van der Waals surface area (Å²) >= 11 is 5.87. The summed E-state index contributed by atoms with van der Waals surface area (Å²) in [6, 6.07) is 10.2. The number of fused-ring (bicyclic) bond motifs is 2. The Morgan fingerprint density at radius 2 is 2.03 bits per heavy atom. The average molecular weight is 672 g/mol. The second-order valence-corrected chi connectivity index (χ2v) is 9.26. The molecule has 2 aliphatic heterocycles. The van der Waals surface area contributed by atoms with Gasteiger partial charge in [-0.15, -0.1) is 11.8 Å². The van der Waals surface area contributed by atoms with Crippen LogP contribution in [0.5, 0.6) is 5.75 Å². The molecule has 2 aliphatic rings. The number of hydrogen-bond donors (Lipinski definition) is 3. The van der Waals surface area contributed by atoms with E-state index in [0.29, 0.717) is 6.42 Å². The maximum absolute atomic E-state index is 12.3. The Bertz CT molecular complexity index is 1370. The van der Waals surface area contributed by atoms with Gasteiger partial charge in [0.05, 0.1) is 24.7 Å². The number of aromatic amines is 1. The summed E-state index contributed by atoms with van der Waals surface area (Å²) in [5, 5.41) is 14.6. The normalized spacial score (nSPS) is 13.5. The molecule has 6 rings (SSSR count). The van der Waals surface area contributed by atoms with Crippen LogP contribution in [-0.2, 0) is 12.6 Å². The minimum atomic E-state index is 0. The van der Waals surface area contributed by atoms with Crippen molar-refractivity contribution in [3.63, 3.8) is 0 Å². The SMILES string of the molecule is CN1C=C(F)CCC1.COc1cc2ncnc(Nc3ccc4c(c3)SCN4)c2cc1-c1cn[nH]c1.C[S-].[Cs+]. The zero-order valence-corrected chi connectivity index (χ0v) is 29.8. The van der Waals surface area contributed by atoms with Crippen LogP contribution in [-0.4, -0.2) is 57.9 Å². The molecule has 0 atom stereocenters. The van der Waals surface area contributed by atoms with Crippen LogP contribution < -0.4 is 84.3 Å². The van der Waals surface area contributed by atoms with E-state index in [9.17, 15) is 4.39 Å². The summed E-state index contributed by atoms with van der Waals surface area (Å²) < 4.78 is 17.8. The number of nitrogens with one attached hydrogen (secondary N) is 3. The van der Waals surface area contributed by atoms with Crippen molar-refractivity contribution in [2.45, 2.75) is 17.7 Å². The van der Waals surface area contributed by atoms with Crippen molar-refractivity contribution in [3.05, 3.63) is 61.1 Å². The van der Waals surface area contributed by atoms with Crippen LogP contribution in [0.15, 0.2) is 66.0 Å². The molecule has 0 aliphatic carbocycles. The number of benzene rings is 2. The van der Waals surface area contributed by atoms with Gasteiger partial charge in [-0.3, -0.25) is 5.10 Å². The van der Waals surface area contributed by atoms with Crippen molar-refractivity contribution in [1.82, 2.24) is 25.1 Å². The van der Waals surface area contributed by atoms with E-state index in [1.54, 1.807) is 43.9 Å². The Balaban J connectivity index is 0.000000311. The number of hydrogen-bond acceptors (Lipinski definition) is 9. The van der Waals surface area contributed by atoms with Crippen LogP contribution in [0.25, 0.3) is 22.0 Å². The first kappa shape index (κ1) is 31.1. The number of ether oxygens (including phenoxy) is 1. The second-order valence-electron chi connectivity index (χ2n) is 8.24. The van der Waals surface area contributed by atoms with Crippen LogP contribution >= 0.6 is 11.8 Å². The minimum absolute atomic E-state index is 0. The molecular weight excluding hydrogens is 642 g/mol. The number of halogens is 1. The Kier molecular flexibility index (Phi) is 12.6. The number of thioether (sulfide) groups is 1. The van der Waals surface area contributed by atoms with Gasteiger partial charge in [-0.1, -0.05) is 0 Å². The zero-order chi connectivity index (χ0) is 26.2. The molecule has 0 bridgehead atoms. The van der Waals surface area contributed by atoms with Gasteiger partial charge in [0.1, 0.15) is 23.7 Å². The molecule has 4 heterocycles. The maximum atomic E-state index is 12.3. The Morgan fingerprint density at radius 3 is 2.71 bits per heavy atom. The molecule has 3 N–H and O–H groups in total. The van der Waals surface area contributed by atoms with Crippen LogP contribution in [0.1, 0.15) is 12.8 Å². The third-order valence-corrected chi connectivity index (χ3v) is 6.72. The fourth-order valence-corrected chi connectivity index (χ4v) is 4.92. The van der Waals surface area contributed by atoms with Crippen molar-refractivity contribution in [2.24, 2.45) is 0 Å². The first-order valence-electron chi connectivity index (χ1n) is 11.7. The third-order valence-electron chi connectivity index (χ3n) is 5.79. The molecule has 0 spiro atoms. The molecule has 194 valence electrons. The van der Waals surface area contributed by atoms with Gasteiger partial charge in [-0.2, -0.15) is 11.4 Å². The second kappa shape index (κ2) is 15.4. The van der Waals surface area contributed by atoms with Gasteiger partial charge in [-0.05, 0) is 30.7 Å². The number of nitrogens with zero attached hydrogens (tertiary/aromatic N) is 4. The number of allylic oxidation sites excluding steroid dienone is 1. The fourth-order valence-electron chi connectivity index (χ4n) is 4.04. The molecule has 0 saturated heterocycles. The number of anilines is 3. The van der Waals surface area contributed by atoms with E-state index in [-0.39, 0.29) is 74.7 Å². The molecular formula is C26H29CsFN7OS2. The van der Waals surface area contributed by atoms with Crippen molar-refractivity contribution in [3.8, 4) is 16.9 Å². The Hall–Kier alpha value is -1.39. The van der Waals surface area contributed by atoms with Crippen LogP contribution in [0.3, 0.4) is 0 Å². The van der Waals surface area contributed by atoms with Gasteiger partial charge >= 0.3 is 68.9 Å². The van der Waals surface area contributed by atoms with E-state index in [4.69, 9.17) is 4.74 Å². The van der Waals surface area contributed by atoms with E-state index in [2.05, 4.69) is 55.6 Å². The monoisotopic (exact) mass is 671 g/mol. The van der Waals surface area contributed by atoms with Gasteiger partial charge in [0.25, 0.3) is 0 Å². The minimum Gasteiger partial charge on any atom is -0.796 e. The van der Waals surface area contributed by atoms with Gasteiger partial charge in [0.2, 0.25) is 0 Å². The molecule has 8 nitrogen and oxygen atoms in total. The number of aromatic nitrogens is 4. The summed E-state index contributed by atoms with van der Waals surface area (Å²) in [6.07, 6.45) is 9.90. The van der Waals surface area contributed by atoms with Crippen molar-refractivity contribution in [2.75, 3.05) is 43.5 Å². The summed E-state index contributed by atoms with van der Waals surface area (Å²) in [7, 11) is 3.54. The molecule has 2 aromatic heterocycles. The first-order valence-corrected chi connectivity index (χ1v) is 13.5. The van der Waals surface area contributed by atoms with Gasteiger partial charge in [0, 0.05) is 71.3 Å². The maximum Gasteiger partial charge on any atom is 1.00 e. The molecule has 4 aromatic rings. The summed E-state index contributed by atoms with van der Waals surface area (Å²) in [6.45, 7) is 0.993. The molecule has 38 heavy (non-hydrogen) atoms. The molecule has 2 aromatic carbocycles. The first-order chi connectivity index (χ1) is 18.1. The topological polar surface area (TPSA) is 91.0 Å². The largest absolute Gasteiger partial charge is 1.00 e. The molecule has 0 fully saturated rings. The van der Waals surface area contributed by atoms with E-state index >= 15 is 0 Å². The smallest absolute Gasteiger partial charge is 0.796 e. The Labute approximate surface area is 290 Å². The quantitative estimate of drug-likeness (QED) is 0.284. The van der Waals surface area contributed by atoms with E-state index in [1.165, 1.54) is 10.6 Å². The van der Waals surface area contributed by atoms with Crippen LogP contribution in [0.2, 0.25) is 0 Å². The molecule has 0 unspecified atom stereocenters. The van der Waals surface area contributed by atoms with Crippen molar-refractivity contribution in [1.29, 1.82) is 0 Å². The molecule has 0 saturated carbocycles. The van der Waals surface area contributed by atoms with E-state index in [0.717, 1.165) is 58.1 Å². The molecule has 12 heteroatoms. The van der Waals surface area contributed by atoms with E-state index in [1.807, 2.05) is 36.3 Å². The standard InChI is InChI=1S/C19H16N6OS.C6H10FN.CH4S.Cs/c1-26-17-6-16-14(5-13(17)11-7-23-24-8-11)19(21-9-20-16)25-12-2-3-15-18(4-12)27-10-22-15;1-8-4-2-3-6(7)5-8;1-2;/h2-9,22H,10H2,1H3,(H,23,24)(H,20,21,25);5H,2-4H2,1H3;2H,1H3;/q;;;+1/p-1. The van der Waals surface area contributed by atoms with Gasteiger partial charge < -0.3 is 32.9 Å². The fraction of sp³-hybridized carbons (Fsp3) is 0.269. The van der Waals surface area contributed by atoms with Crippen LogP contribution in [0.4, 0.5) is 21.6 Å². The number of rotatable bonds is 4. The average Bonchev–Trinajstić information content (AvgIpc) is 3.62. The third kappa shape index (κ3) is 7.84. The summed E-state index contributed by atoms with van der Waals surface area (Å²) in [5.41, 5.74) is 4.86. The van der Waals surface area contributed by atoms with Crippen molar-refractivity contribution < 1.29 is 78.0 Å². The van der Waals surface area contributed by atoms with Crippen LogP contribution in [0, 0.1) is 0 Å². The molecule has 0 amide bonds. The van der Waals surface area contributed by atoms with E-state index < -0.39 is 0 Å². The van der Waals surface area contributed by atoms with Crippen molar-refractivity contribution >= 4 is 52.5 Å². The molecule has 0 radical (unpaired) electrons. The summed E-state index contributed by atoms with van der Waals surface area (Å²) in [4.78, 5) is 12.0.